The second-order valence-corrected chi connectivity index (χ2v) is 4.10. The van der Waals surface area contributed by atoms with E-state index in [1.165, 1.54) is 5.56 Å². The topological polar surface area (TPSA) is 32.3 Å². The molecule has 0 aromatic heterocycles. The molecule has 0 atom stereocenters. The predicted molar refractivity (Wildman–Crippen MR) is 67.0 cm³/mol. The summed E-state index contributed by atoms with van der Waals surface area (Å²) in [6.45, 7) is 2.77. The van der Waals surface area contributed by atoms with Gasteiger partial charge in [0, 0.05) is 31.4 Å². The van der Waals surface area contributed by atoms with E-state index in [2.05, 4.69) is 23.5 Å². The molecule has 0 bridgehead atoms. The molecule has 3 heteroatoms. The first-order valence-corrected chi connectivity index (χ1v) is 5.87. The van der Waals surface area contributed by atoms with Crippen LogP contribution in [0.5, 0.6) is 0 Å². The van der Waals surface area contributed by atoms with Crippen LogP contribution in [-0.4, -0.2) is 19.5 Å². The minimum atomic E-state index is 0.217. The first-order valence-electron chi connectivity index (χ1n) is 5.87. The summed E-state index contributed by atoms with van der Waals surface area (Å²) in [5.74, 6) is 0.217. The number of carbonyl (C=O) groups excluding carboxylic acids is 1. The quantitative estimate of drug-likeness (QED) is 0.826. The van der Waals surface area contributed by atoms with Gasteiger partial charge in [0.05, 0.1) is 0 Å². The number of aryl methyl sites for hydroxylation is 1. The second kappa shape index (κ2) is 4.56. The molecule has 1 amide bonds. The van der Waals surface area contributed by atoms with E-state index in [0.717, 1.165) is 30.8 Å². The Balaban J connectivity index is 2.39. The number of amides is 1. The van der Waals surface area contributed by atoms with Crippen molar-refractivity contribution in [2.75, 3.05) is 23.8 Å². The van der Waals surface area contributed by atoms with Gasteiger partial charge in [-0.1, -0.05) is 13.0 Å². The van der Waals surface area contributed by atoms with E-state index in [0.29, 0.717) is 6.42 Å². The first kappa shape index (κ1) is 11.0. The number of anilines is 2. The summed E-state index contributed by atoms with van der Waals surface area (Å²) in [6.07, 6.45) is 2.72. The average Bonchev–Trinajstić information content (AvgIpc) is 2.36. The Bertz CT molecular complexity index is 401. The Morgan fingerprint density at radius 2 is 2.31 bits per heavy atom. The van der Waals surface area contributed by atoms with Crippen molar-refractivity contribution in [2.45, 2.75) is 26.2 Å². The summed E-state index contributed by atoms with van der Waals surface area (Å²) in [5.41, 5.74) is 3.44. The zero-order valence-corrected chi connectivity index (χ0v) is 9.92. The molecule has 16 heavy (non-hydrogen) atoms. The molecule has 1 aliphatic rings. The summed E-state index contributed by atoms with van der Waals surface area (Å²) in [7, 11) is 1.90. The number of fused-ring (bicyclic) bond motifs is 1. The van der Waals surface area contributed by atoms with E-state index in [-0.39, 0.29) is 5.91 Å². The predicted octanol–water partition coefficient (Wildman–Crippen LogP) is 2.42. The highest BCUT2D eigenvalue weighted by molar-refractivity contribution is 5.95. The van der Waals surface area contributed by atoms with Gasteiger partial charge in [0.15, 0.2) is 0 Å². The van der Waals surface area contributed by atoms with Crippen molar-refractivity contribution in [3.05, 3.63) is 23.8 Å². The van der Waals surface area contributed by atoms with Gasteiger partial charge in [-0.05, 0) is 30.5 Å². The lowest BCUT2D eigenvalue weighted by molar-refractivity contribution is -0.118. The molecular weight excluding hydrogens is 200 g/mol. The summed E-state index contributed by atoms with van der Waals surface area (Å²) in [4.78, 5) is 13.8. The van der Waals surface area contributed by atoms with Gasteiger partial charge in [-0.25, -0.2) is 0 Å². The molecule has 1 heterocycles. The number of nitrogens with zero attached hydrogens (tertiary/aromatic N) is 1. The number of hydrogen-bond acceptors (Lipinski definition) is 2. The van der Waals surface area contributed by atoms with Crippen LogP contribution >= 0.6 is 0 Å². The fourth-order valence-electron chi connectivity index (χ4n) is 2.18. The van der Waals surface area contributed by atoms with Gasteiger partial charge in [0.2, 0.25) is 5.91 Å². The van der Waals surface area contributed by atoms with Gasteiger partial charge in [0.25, 0.3) is 0 Å². The Morgan fingerprint density at radius 3 is 3.00 bits per heavy atom. The molecule has 2 rings (SSSR count). The van der Waals surface area contributed by atoms with E-state index in [9.17, 15) is 4.79 Å². The van der Waals surface area contributed by atoms with Crippen molar-refractivity contribution in [3.63, 3.8) is 0 Å². The van der Waals surface area contributed by atoms with Crippen molar-refractivity contribution >= 4 is 17.3 Å². The van der Waals surface area contributed by atoms with Crippen LogP contribution in [0.4, 0.5) is 11.4 Å². The van der Waals surface area contributed by atoms with Crippen molar-refractivity contribution in [2.24, 2.45) is 0 Å². The zero-order chi connectivity index (χ0) is 11.5. The van der Waals surface area contributed by atoms with Crippen LogP contribution in [-0.2, 0) is 11.2 Å². The molecule has 0 fully saturated rings. The molecule has 0 saturated heterocycles. The average molecular weight is 218 g/mol. The van der Waals surface area contributed by atoms with Gasteiger partial charge in [0.1, 0.15) is 0 Å². The Labute approximate surface area is 96.5 Å². The number of hydrogen-bond donors (Lipinski definition) is 1. The highest BCUT2D eigenvalue weighted by Crippen LogP contribution is 2.30. The number of benzene rings is 1. The van der Waals surface area contributed by atoms with Crippen molar-refractivity contribution in [1.29, 1.82) is 0 Å². The highest BCUT2D eigenvalue weighted by atomic mass is 16.2. The normalized spacial score (nSPS) is 14.5. The summed E-state index contributed by atoms with van der Waals surface area (Å²) in [5, 5.41) is 3.12. The largest absolute Gasteiger partial charge is 0.388 e. The lowest BCUT2D eigenvalue weighted by Gasteiger charge is -2.29. The monoisotopic (exact) mass is 218 g/mol. The summed E-state index contributed by atoms with van der Waals surface area (Å²) < 4.78 is 0. The molecule has 1 aliphatic heterocycles. The van der Waals surface area contributed by atoms with Crippen LogP contribution in [0.15, 0.2) is 18.2 Å². The Hall–Kier alpha value is -1.51. The maximum atomic E-state index is 11.8. The van der Waals surface area contributed by atoms with Crippen molar-refractivity contribution in [1.82, 2.24) is 0 Å². The van der Waals surface area contributed by atoms with Gasteiger partial charge in [-0.2, -0.15) is 0 Å². The van der Waals surface area contributed by atoms with Crippen LogP contribution in [0.2, 0.25) is 0 Å². The minimum absolute atomic E-state index is 0.217. The maximum absolute atomic E-state index is 11.8. The van der Waals surface area contributed by atoms with E-state index in [1.54, 1.807) is 0 Å². The molecule has 0 aliphatic carbocycles. The van der Waals surface area contributed by atoms with Gasteiger partial charge >= 0.3 is 0 Å². The molecule has 86 valence electrons. The molecule has 1 aromatic carbocycles. The standard InChI is InChI=1S/C13H18N2O/c1-3-13(16)15-8-4-5-10-6-7-11(14-2)9-12(10)15/h6-7,9,14H,3-5,8H2,1-2H3. The van der Waals surface area contributed by atoms with E-state index in [1.807, 2.05) is 18.9 Å². The lowest BCUT2D eigenvalue weighted by Crippen LogP contribution is -2.34. The van der Waals surface area contributed by atoms with E-state index in [4.69, 9.17) is 0 Å². The second-order valence-electron chi connectivity index (χ2n) is 4.10. The van der Waals surface area contributed by atoms with Crippen LogP contribution in [0.3, 0.4) is 0 Å². The molecular formula is C13H18N2O. The van der Waals surface area contributed by atoms with Crippen LogP contribution in [0.25, 0.3) is 0 Å². The van der Waals surface area contributed by atoms with Crippen LogP contribution < -0.4 is 10.2 Å². The van der Waals surface area contributed by atoms with Gasteiger partial charge < -0.3 is 10.2 Å². The third-order valence-electron chi connectivity index (χ3n) is 3.10. The SMILES string of the molecule is CCC(=O)N1CCCc2ccc(NC)cc21. The summed E-state index contributed by atoms with van der Waals surface area (Å²) >= 11 is 0. The maximum Gasteiger partial charge on any atom is 0.226 e. The van der Waals surface area contributed by atoms with Crippen molar-refractivity contribution < 1.29 is 4.79 Å². The highest BCUT2D eigenvalue weighted by Gasteiger charge is 2.21. The zero-order valence-electron chi connectivity index (χ0n) is 9.92. The molecule has 0 radical (unpaired) electrons. The first-order chi connectivity index (χ1) is 7.76. The molecule has 0 unspecified atom stereocenters. The number of nitrogens with one attached hydrogen (secondary N) is 1. The lowest BCUT2D eigenvalue weighted by atomic mass is 10.0. The fourth-order valence-corrected chi connectivity index (χ4v) is 2.18. The Morgan fingerprint density at radius 1 is 1.50 bits per heavy atom. The molecule has 3 nitrogen and oxygen atoms in total. The van der Waals surface area contributed by atoms with E-state index < -0.39 is 0 Å². The molecule has 1 aromatic rings. The molecule has 1 N–H and O–H groups in total. The smallest absolute Gasteiger partial charge is 0.226 e. The van der Waals surface area contributed by atoms with Crippen molar-refractivity contribution in [3.8, 4) is 0 Å². The van der Waals surface area contributed by atoms with E-state index >= 15 is 0 Å². The number of carbonyl (C=O) groups is 1. The minimum Gasteiger partial charge on any atom is -0.388 e. The third-order valence-corrected chi connectivity index (χ3v) is 3.10. The van der Waals surface area contributed by atoms with Gasteiger partial charge in [-0.3, -0.25) is 4.79 Å². The van der Waals surface area contributed by atoms with Gasteiger partial charge in [-0.15, -0.1) is 0 Å². The number of rotatable bonds is 2. The Kier molecular flexibility index (Phi) is 3.13. The van der Waals surface area contributed by atoms with Crippen LogP contribution in [0, 0.1) is 0 Å². The fraction of sp³-hybridized carbons (Fsp3) is 0.462. The third kappa shape index (κ3) is 1.90. The summed E-state index contributed by atoms with van der Waals surface area (Å²) in [6, 6.07) is 6.26. The molecule has 0 saturated carbocycles. The van der Waals surface area contributed by atoms with Crippen LogP contribution in [0.1, 0.15) is 25.3 Å². The molecule has 0 spiro atoms.